The van der Waals surface area contributed by atoms with Gasteiger partial charge in [0.1, 0.15) is 28.3 Å². The lowest BCUT2D eigenvalue weighted by Crippen LogP contribution is -2.25. The molecule has 3 unspecified atom stereocenters. The molecule has 3 aromatic carbocycles. The van der Waals surface area contributed by atoms with Crippen LogP contribution in [0.2, 0.25) is 0 Å². The zero-order valence-electron chi connectivity index (χ0n) is 25.5. The Morgan fingerprint density at radius 2 is 1.26 bits per heavy atom. The minimum absolute atomic E-state index is 0.0461. The summed E-state index contributed by atoms with van der Waals surface area (Å²) in [6.45, 7) is 1.74. The highest BCUT2D eigenvalue weighted by molar-refractivity contribution is 6.18. The van der Waals surface area contributed by atoms with Crippen molar-refractivity contribution in [3.8, 4) is 0 Å². The molecule has 10 heteroatoms. The molecule has 0 aliphatic carbocycles. The van der Waals surface area contributed by atoms with E-state index in [2.05, 4.69) is 22.0 Å². The first-order valence-corrected chi connectivity index (χ1v) is 16.0. The molecule has 3 atom stereocenters. The zero-order valence-corrected chi connectivity index (χ0v) is 26.3. The van der Waals surface area contributed by atoms with Gasteiger partial charge in [-0.15, -0.1) is 11.6 Å². The number of fused-ring (bicyclic) bond motifs is 3. The number of furan rings is 3. The first-order valence-electron chi connectivity index (χ1n) is 15.4. The molecule has 3 heterocycles. The molecule has 0 fully saturated rings. The van der Waals surface area contributed by atoms with Crippen molar-refractivity contribution in [3.63, 3.8) is 0 Å². The number of hydrogen-bond donors (Lipinski definition) is 3. The number of nitrogens with one attached hydrogen (secondary N) is 3. The second-order valence-electron chi connectivity index (χ2n) is 11.7. The predicted octanol–water partition coefficient (Wildman–Crippen LogP) is 8.45. The van der Waals surface area contributed by atoms with E-state index in [1.54, 1.807) is 30.5 Å². The SMILES string of the molecule is CNCC(CF)c1ccc2oc(CNCC(CCl)c3ccc4oc(CNCC(c5ccc6occc6c5)C(F)F)cc4c3)cc2c1. The van der Waals surface area contributed by atoms with Crippen molar-refractivity contribution in [1.29, 1.82) is 0 Å². The minimum Gasteiger partial charge on any atom is -0.464 e. The Hall–Kier alpha value is -3.76. The lowest BCUT2D eigenvalue weighted by atomic mass is 9.98. The molecular formula is C36H37ClF3N3O3. The molecule has 0 saturated heterocycles. The molecule has 0 amide bonds. The molecule has 0 aliphatic rings. The van der Waals surface area contributed by atoms with Gasteiger partial charge in [-0.25, -0.2) is 8.78 Å². The molecule has 0 bridgehead atoms. The monoisotopic (exact) mass is 651 g/mol. The van der Waals surface area contributed by atoms with Crippen LogP contribution in [0.15, 0.2) is 92.3 Å². The summed E-state index contributed by atoms with van der Waals surface area (Å²) in [7, 11) is 1.82. The van der Waals surface area contributed by atoms with E-state index < -0.39 is 19.0 Å². The van der Waals surface area contributed by atoms with E-state index in [4.69, 9.17) is 24.9 Å². The normalized spacial score (nSPS) is 14.1. The van der Waals surface area contributed by atoms with Crippen LogP contribution < -0.4 is 16.0 Å². The van der Waals surface area contributed by atoms with Gasteiger partial charge in [0.25, 0.3) is 0 Å². The van der Waals surface area contributed by atoms with Crippen molar-refractivity contribution in [1.82, 2.24) is 16.0 Å². The fourth-order valence-electron chi connectivity index (χ4n) is 5.97. The maximum atomic E-state index is 13.9. The maximum absolute atomic E-state index is 13.9. The Morgan fingerprint density at radius 1 is 0.674 bits per heavy atom. The van der Waals surface area contributed by atoms with Crippen LogP contribution in [0.5, 0.6) is 0 Å². The molecule has 6 rings (SSSR count). The summed E-state index contributed by atoms with van der Waals surface area (Å²) in [5.41, 5.74) is 4.75. The number of alkyl halides is 4. The summed E-state index contributed by atoms with van der Waals surface area (Å²) in [5.74, 6) is 0.783. The van der Waals surface area contributed by atoms with E-state index in [0.29, 0.717) is 49.0 Å². The Kier molecular flexibility index (Phi) is 10.3. The van der Waals surface area contributed by atoms with Crippen molar-refractivity contribution in [2.75, 3.05) is 39.2 Å². The van der Waals surface area contributed by atoms with E-state index in [-0.39, 0.29) is 18.4 Å². The van der Waals surface area contributed by atoms with Crippen LogP contribution in [0, 0.1) is 0 Å². The number of rotatable bonds is 16. The molecule has 242 valence electrons. The van der Waals surface area contributed by atoms with Crippen LogP contribution >= 0.6 is 11.6 Å². The number of halogens is 4. The van der Waals surface area contributed by atoms with Gasteiger partial charge in [-0.3, -0.25) is 4.39 Å². The van der Waals surface area contributed by atoms with Gasteiger partial charge in [0.15, 0.2) is 0 Å². The quantitative estimate of drug-likeness (QED) is 0.0912. The molecule has 3 aromatic heterocycles. The van der Waals surface area contributed by atoms with E-state index >= 15 is 0 Å². The van der Waals surface area contributed by atoms with Crippen molar-refractivity contribution >= 4 is 44.5 Å². The smallest absolute Gasteiger partial charge is 0.246 e. The third-order valence-corrected chi connectivity index (χ3v) is 8.88. The highest BCUT2D eigenvalue weighted by atomic mass is 35.5. The zero-order chi connectivity index (χ0) is 32.0. The summed E-state index contributed by atoms with van der Waals surface area (Å²) in [6, 6.07) is 22.7. The topological polar surface area (TPSA) is 75.5 Å². The lowest BCUT2D eigenvalue weighted by molar-refractivity contribution is 0.113. The van der Waals surface area contributed by atoms with Crippen LogP contribution in [0.1, 0.15) is 46.0 Å². The molecule has 0 aliphatic heterocycles. The Labute approximate surface area is 270 Å². The maximum Gasteiger partial charge on any atom is 0.246 e. The van der Waals surface area contributed by atoms with E-state index in [1.807, 2.05) is 49.5 Å². The van der Waals surface area contributed by atoms with E-state index in [0.717, 1.165) is 44.2 Å². The van der Waals surface area contributed by atoms with Gasteiger partial charge in [0.05, 0.1) is 31.9 Å². The number of likely N-dealkylation sites (N-methyl/N-ethyl adjacent to an activating group) is 1. The van der Waals surface area contributed by atoms with Crippen molar-refractivity contribution in [3.05, 3.63) is 107 Å². The summed E-state index contributed by atoms with van der Waals surface area (Å²) >= 11 is 6.39. The van der Waals surface area contributed by atoms with Crippen LogP contribution in [0.4, 0.5) is 13.2 Å². The molecule has 3 N–H and O–H groups in total. The Bertz CT molecular complexity index is 1880. The fourth-order valence-corrected chi connectivity index (χ4v) is 6.26. The van der Waals surface area contributed by atoms with Crippen LogP contribution in [0.3, 0.4) is 0 Å². The highest BCUT2D eigenvalue weighted by Gasteiger charge is 2.23. The summed E-state index contributed by atoms with van der Waals surface area (Å²) in [5, 5.41) is 12.3. The van der Waals surface area contributed by atoms with Crippen LogP contribution in [0.25, 0.3) is 32.9 Å². The second kappa shape index (κ2) is 14.8. The third kappa shape index (κ3) is 7.28. The van der Waals surface area contributed by atoms with Gasteiger partial charge in [0, 0.05) is 53.5 Å². The van der Waals surface area contributed by atoms with Crippen molar-refractivity contribution in [2.24, 2.45) is 0 Å². The van der Waals surface area contributed by atoms with Crippen molar-refractivity contribution in [2.45, 2.75) is 37.3 Å². The summed E-state index contributed by atoms with van der Waals surface area (Å²) < 4.78 is 58.7. The third-order valence-electron chi connectivity index (χ3n) is 8.51. The first kappa shape index (κ1) is 32.2. The number of benzene rings is 3. The number of hydrogen-bond acceptors (Lipinski definition) is 6. The van der Waals surface area contributed by atoms with E-state index in [9.17, 15) is 13.2 Å². The van der Waals surface area contributed by atoms with Crippen LogP contribution in [-0.2, 0) is 13.1 Å². The summed E-state index contributed by atoms with van der Waals surface area (Å²) in [4.78, 5) is 0. The molecule has 0 saturated carbocycles. The first-order chi connectivity index (χ1) is 22.4. The second-order valence-corrected chi connectivity index (χ2v) is 12.0. The van der Waals surface area contributed by atoms with Crippen LogP contribution in [-0.4, -0.2) is 45.7 Å². The molecule has 0 radical (unpaired) electrons. The van der Waals surface area contributed by atoms with Gasteiger partial charge < -0.3 is 29.2 Å². The van der Waals surface area contributed by atoms with Gasteiger partial charge >= 0.3 is 0 Å². The molecular weight excluding hydrogens is 615 g/mol. The predicted molar refractivity (Wildman–Crippen MR) is 177 cm³/mol. The van der Waals surface area contributed by atoms with Crippen molar-refractivity contribution < 1.29 is 26.4 Å². The summed E-state index contributed by atoms with van der Waals surface area (Å²) in [6.07, 6.45) is -0.960. The molecule has 0 spiro atoms. The fraction of sp³-hybridized carbons (Fsp3) is 0.333. The molecule has 6 aromatic rings. The average molecular weight is 652 g/mol. The minimum atomic E-state index is -2.51. The standard InChI is InChI=1S/C36H37ClF3N3O3/c1-41-17-29(16-38)23-3-7-35-27(11-23)14-30(45-35)19-42-18-28(15-37)22-2-6-34-26(10-22)13-31(46-34)20-43-21-32(36(39)40)24-4-5-33-25(12-24)8-9-44-33/h2-14,28-29,32,36,41-43H,15-21H2,1H3. The van der Waals surface area contributed by atoms with Gasteiger partial charge in [-0.1, -0.05) is 18.2 Å². The van der Waals surface area contributed by atoms with Gasteiger partial charge in [0.2, 0.25) is 6.43 Å². The average Bonchev–Trinajstić information content (AvgIpc) is 3.80. The largest absolute Gasteiger partial charge is 0.464 e. The van der Waals surface area contributed by atoms with Gasteiger partial charge in [-0.05, 0) is 78.3 Å². The highest BCUT2D eigenvalue weighted by Crippen LogP contribution is 2.29. The Balaban J connectivity index is 1.05. The lowest BCUT2D eigenvalue weighted by Gasteiger charge is -2.17. The van der Waals surface area contributed by atoms with E-state index in [1.165, 1.54) is 0 Å². The molecule has 6 nitrogen and oxygen atoms in total. The molecule has 46 heavy (non-hydrogen) atoms. The Morgan fingerprint density at radius 3 is 1.87 bits per heavy atom. The van der Waals surface area contributed by atoms with Gasteiger partial charge in [-0.2, -0.15) is 0 Å².